The van der Waals surface area contributed by atoms with Crippen molar-refractivity contribution in [2.24, 2.45) is 0 Å². The zero-order valence-corrected chi connectivity index (χ0v) is 9.67. The van der Waals surface area contributed by atoms with Crippen LogP contribution in [-0.4, -0.2) is 50.7 Å². The number of nitrogens with one attached hydrogen (secondary N) is 1. The van der Waals surface area contributed by atoms with Crippen molar-refractivity contribution in [2.75, 3.05) is 33.9 Å². The van der Waals surface area contributed by atoms with Gasteiger partial charge in [-0.1, -0.05) is 0 Å². The lowest BCUT2D eigenvalue weighted by Gasteiger charge is -2.22. The fourth-order valence-electron chi connectivity index (χ4n) is 0.934. The van der Waals surface area contributed by atoms with Crippen molar-refractivity contribution in [3.63, 3.8) is 0 Å². The minimum Gasteiger partial charge on any atom is -0.389 e. The van der Waals surface area contributed by atoms with Crippen molar-refractivity contribution in [1.29, 1.82) is 0 Å². The first-order valence-electron chi connectivity index (χ1n) is 4.97. The number of rotatable bonds is 8. The second-order valence-corrected chi connectivity index (χ2v) is 4.00. The molecular weight excluding hydrogens is 182 g/mol. The first-order valence-corrected chi connectivity index (χ1v) is 4.97. The Hall–Kier alpha value is -0.160. The van der Waals surface area contributed by atoms with E-state index in [0.717, 1.165) is 6.42 Å². The van der Waals surface area contributed by atoms with Crippen molar-refractivity contribution in [1.82, 2.24) is 5.32 Å². The van der Waals surface area contributed by atoms with Crippen LogP contribution in [0.15, 0.2) is 0 Å². The molecule has 0 aliphatic heterocycles. The fourth-order valence-corrected chi connectivity index (χ4v) is 0.934. The molecule has 0 bridgehead atoms. The third-order valence-electron chi connectivity index (χ3n) is 2.15. The number of hydrogen-bond acceptors (Lipinski definition) is 4. The lowest BCUT2D eigenvalue weighted by atomic mass is 10.1. The largest absolute Gasteiger partial charge is 0.389 e. The van der Waals surface area contributed by atoms with E-state index in [1.54, 1.807) is 14.2 Å². The SMILES string of the molecule is CNCC(O)COCCC(C)(C)OC. The van der Waals surface area contributed by atoms with Gasteiger partial charge < -0.3 is 19.9 Å². The Kier molecular flexibility index (Phi) is 7.09. The van der Waals surface area contributed by atoms with Crippen LogP contribution in [0, 0.1) is 0 Å². The molecule has 2 N–H and O–H groups in total. The summed E-state index contributed by atoms with van der Waals surface area (Å²) in [6, 6.07) is 0. The number of aliphatic hydroxyl groups excluding tert-OH is 1. The molecule has 1 atom stereocenters. The van der Waals surface area contributed by atoms with E-state index in [4.69, 9.17) is 9.47 Å². The summed E-state index contributed by atoms with van der Waals surface area (Å²) in [5.74, 6) is 0. The molecule has 0 fully saturated rings. The standard InChI is InChI=1S/C10H23NO3/c1-10(2,13-4)5-6-14-8-9(12)7-11-3/h9,11-12H,5-8H2,1-4H3. The maximum Gasteiger partial charge on any atom is 0.0897 e. The summed E-state index contributed by atoms with van der Waals surface area (Å²) in [4.78, 5) is 0. The average Bonchev–Trinajstić information content (AvgIpc) is 2.13. The molecule has 4 nitrogen and oxygen atoms in total. The monoisotopic (exact) mass is 205 g/mol. The molecule has 0 rings (SSSR count). The zero-order valence-electron chi connectivity index (χ0n) is 9.67. The number of hydrogen-bond donors (Lipinski definition) is 2. The minimum atomic E-state index is -0.425. The van der Waals surface area contributed by atoms with Crippen molar-refractivity contribution in [3.8, 4) is 0 Å². The number of likely N-dealkylation sites (N-methyl/N-ethyl adjacent to an activating group) is 1. The first-order chi connectivity index (χ1) is 6.52. The second-order valence-electron chi connectivity index (χ2n) is 4.00. The Morgan fingerprint density at radius 1 is 1.43 bits per heavy atom. The van der Waals surface area contributed by atoms with Crippen molar-refractivity contribution in [2.45, 2.75) is 32.0 Å². The van der Waals surface area contributed by atoms with Crippen LogP contribution in [0.2, 0.25) is 0 Å². The van der Waals surface area contributed by atoms with E-state index in [1.165, 1.54) is 0 Å². The molecule has 0 aliphatic rings. The van der Waals surface area contributed by atoms with Crippen LogP contribution in [-0.2, 0) is 9.47 Å². The van der Waals surface area contributed by atoms with Gasteiger partial charge in [0.2, 0.25) is 0 Å². The van der Waals surface area contributed by atoms with Crippen LogP contribution in [0.5, 0.6) is 0 Å². The molecule has 0 aromatic carbocycles. The fraction of sp³-hybridized carbons (Fsp3) is 1.00. The second kappa shape index (κ2) is 7.17. The van der Waals surface area contributed by atoms with E-state index >= 15 is 0 Å². The Labute approximate surface area is 86.6 Å². The molecule has 4 heteroatoms. The summed E-state index contributed by atoms with van der Waals surface area (Å²) in [6.07, 6.45) is 0.404. The maximum atomic E-state index is 9.32. The Morgan fingerprint density at radius 3 is 2.57 bits per heavy atom. The van der Waals surface area contributed by atoms with E-state index in [2.05, 4.69) is 5.32 Å². The third-order valence-corrected chi connectivity index (χ3v) is 2.15. The summed E-state index contributed by atoms with van der Waals surface area (Å²) in [5, 5.41) is 12.2. The van der Waals surface area contributed by atoms with Crippen LogP contribution in [0.25, 0.3) is 0 Å². The van der Waals surface area contributed by atoms with E-state index in [9.17, 15) is 5.11 Å². The lowest BCUT2D eigenvalue weighted by Crippen LogP contribution is -2.29. The summed E-state index contributed by atoms with van der Waals surface area (Å²) in [6.45, 7) is 5.58. The van der Waals surface area contributed by atoms with Crippen molar-refractivity contribution < 1.29 is 14.6 Å². The molecule has 0 radical (unpaired) electrons. The molecule has 0 aliphatic carbocycles. The van der Waals surface area contributed by atoms with Crippen LogP contribution in [0.3, 0.4) is 0 Å². The van der Waals surface area contributed by atoms with Gasteiger partial charge in [-0.15, -0.1) is 0 Å². The molecule has 86 valence electrons. The van der Waals surface area contributed by atoms with Gasteiger partial charge in [-0.25, -0.2) is 0 Å². The Bertz CT molecular complexity index is 139. The van der Waals surface area contributed by atoms with Gasteiger partial charge in [0.05, 0.1) is 18.3 Å². The predicted octanol–water partition coefficient (Wildman–Crippen LogP) is 0.398. The van der Waals surface area contributed by atoms with Gasteiger partial charge in [0.15, 0.2) is 0 Å². The van der Waals surface area contributed by atoms with Gasteiger partial charge in [0.25, 0.3) is 0 Å². The maximum absolute atomic E-state index is 9.32. The van der Waals surface area contributed by atoms with Crippen LogP contribution < -0.4 is 5.32 Å². The predicted molar refractivity (Wildman–Crippen MR) is 56.5 cm³/mol. The number of ether oxygens (including phenoxy) is 2. The third kappa shape index (κ3) is 7.26. The summed E-state index contributed by atoms with van der Waals surface area (Å²) < 4.78 is 10.6. The van der Waals surface area contributed by atoms with Crippen molar-refractivity contribution >= 4 is 0 Å². The topological polar surface area (TPSA) is 50.7 Å². The van der Waals surface area contributed by atoms with Crippen LogP contribution >= 0.6 is 0 Å². The molecular formula is C10H23NO3. The minimum absolute atomic E-state index is 0.145. The first kappa shape index (κ1) is 13.8. The molecule has 0 spiro atoms. The molecule has 0 aromatic heterocycles. The highest BCUT2D eigenvalue weighted by atomic mass is 16.5. The van der Waals surface area contributed by atoms with Gasteiger partial charge in [0.1, 0.15) is 0 Å². The molecule has 14 heavy (non-hydrogen) atoms. The Morgan fingerprint density at radius 2 is 2.07 bits per heavy atom. The van der Waals surface area contributed by atoms with E-state index in [-0.39, 0.29) is 5.60 Å². The quantitative estimate of drug-likeness (QED) is 0.563. The Balaban J connectivity index is 3.37. The summed E-state index contributed by atoms with van der Waals surface area (Å²) >= 11 is 0. The molecule has 0 saturated heterocycles. The average molecular weight is 205 g/mol. The zero-order chi connectivity index (χ0) is 11.0. The lowest BCUT2D eigenvalue weighted by molar-refractivity contribution is -0.0240. The number of methoxy groups -OCH3 is 1. The van der Waals surface area contributed by atoms with E-state index in [0.29, 0.717) is 19.8 Å². The summed E-state index contributed by atoms with van der Waals surface area (Å²) in [7, 11) is 3.49. The van der Waals surface area contributed by atoms with Gasteiger partial charge in [0, 0.05) is 20.3 Å². The summed E-state index contributed by atoms with van der Waals surface area (Å²) in [5.41, 5.74) is -0.145. The van der Waals surface area contributed by atoms with Gasteiger partial charge >= 0.3 is 0 Å². The van der Waals surface area contributed by atoms with E-state index < -0.39 is 6.10 Å². The van der Waals surface area contributed by atoms with Crippen LogP contribution in [0.1, 0.15) is 20.3 Å². The molecule has 0 saturated carbocycles. The molecule has 0 aromatic rings. The smallest absolute Gasteiger partial charge is 0.0897 e. The molecule has 0 amide bonds. The van der Waals surface area contributed by atoms with Gasteiger partial charge in [-0.3, -0.25) is 0 Å². The van der Waals surface area contributed by atoms with Gasteiger partial charge in [-0.05, 0) is 27.3 Å². The van der Waals surface area contributed by atoms with Gasteiger partial charge in [-0.2, -0.15) is 0 Å². The highest BCUT2D eigenvalue weighted by molar-refractivity contribution is 4.67. The highest BCUT2D eigenvalue weighted by Gasteiger charge is 2.15. The molecule has 1 unspecified atom stereocenters. The number of aliphatic hydroxyl groups is 1. The van der Waals surface area contributed by atoms with Crippen molar-refractivity contribution in [3.05, 3.63) is 0 Å². The highest BCUT2D eigenvalue weighted by Crippen LogP contribution is 2.12. The van der Waals surface area contributed by atoms with Crippen LogP contribution in [0.4, 0.5) is 0 Å². The van der Waals surface area contributed by atoms with E-state index in [1.807, 2.05) is 13.8 Å². The molecule has 0 heterocycles. The normalized spacial score (nSPS) is 14.4.